The molecule has 2 fully saturated rings. The highest BCUT2D eigenvalue weighted by atomic mass is 16.6. The number of hydrogen-bond acceptors (Lipinski definition) is 4. The Morgan fingerprint density at radius 3 is 2.26 bits per heavy atom. The minimum atomic E-state index is -0.472. The van der Waals surface area contributed by atoms with Crippen molar-refractivity contribution in [3.05, 3.63) is 45.5 Å². The molecule has 0 unspecified atom stereocenters. The predicted octanol–water partition coefficient (Wildman–Crippen LogP) is 3.41. The average molecular weight is 312 g/mol. The first-order valence-corrected chi connectivity index (χ1v) is 7.99. The molecule has 4 aliphatic rings. The van der Waals surface area contributed by atoms with Gasteiger partial charge in [0.25, 0.3) is 5.69 Å². The number of fused-ring (bicyclic) bond motifs is 1. The van der Waals surface area contributed by atoms with E-state index in [1.165, 1.54) is 23.1 Å². The average Bonchev–Trinajstić information content (AvgIpc) is 3.32. The van der Waals surface area contributed by atoms with E-state index in [1.54, 1.807) is 12.1 Å². The highest BCUT2D eigenvalue weighted by molar-refractivity contribution is 5.60. The van der Waals surface area contributed by atoms with Gasteiger partial charge in [0.05, 0.1) is 10.6 Å². The van der Waals surface area contributed by atoms with Crippen molar-refractivity contribution in [2.75, 3.05) is 0 Å². The van der Waals surface area contributed by atoms with E-state index in [0.717, 1.165) is 24.0 Å². The number of nitro groups is 1. The van der Waals surface area contributed by atoms with Crippen molar-refractivity contribution >= 4 is 5.69 Å². The van der Waals surface area contributed by atoms with E-state index >= 15 is 0 Å². The third-order valence-electron chi connectivity index (χ3n) is 5.95. The van der Waals surface area contributed by atoms with E-state index in [9.17, 15) is 20.3 Å². The number of aromatic hydroxyl groups is 2. The minimum absolute atomic E-state index is 0.0537. The molecule has 23 heavy (non-hydrogen) atoms. The lowest BCUT2D eigenvalue weighted by Crippen LogP contribution is -2.22. The van der Waals surface area contributed by atoms with Gasteiger partial charge in [-0.2, -0.15) is 0 Å². The summed E-state index contributed by atoms with van der Waals surface area (Å²) in [6, 6.07) is 6.02. The Bertz CT molecular complexity index is 817. The second kappa shape index (κ2) is 4.07. The van der Waals surface area contributed by atoms with Crippen LogP contribution >= 0.6 is 0 Å². The van der Waals surface area contributed by atoms with Crippen LogP contribution in [0.3, 0.4) is 0 Å². The number of hydrogen-bond donors (Lipinski definition) is 2. The Hall–Kier alpha value is -2.50. The van der Waals surface area contributed by atoms with E-state index < -0.39 is 4.92 Å². The molecular formula is C17H16N2O4. The number of benzene rings is 1. The first kappa shape index (κ1) is 13.0. The summed E-state index contributed by atoms with van der Waals surface area (Å²) in [4.78, 5) is 10.5. The zero-order valence-corrected chi connectivity index (χ0v) is 12.3. The van der Waals surface area contributed by atoms with Crippen molar-refractivity contribution in [1.82, 2.24) is 4.57 Å². The number of nitrogens with zero attached hydrogens (tertiary/aromatic N) is 2. The molecule has 6 rings (SSSR count). The van der Waals surface area contributed by atoms with Crippen LogP contribution in [0.4, 0.5) is 5.69 Å². The maximum atomic E-state index is 11.0. The Kier molecular flexibility index (Phi) is 2.30. The van der Waals surface area contributed by atoms with E-state index in [1.807, 2.05) is 0 Å². The highest BCUT2D eigenvalue weighted by Gasteiger charge is 2.58. The third-order valence-corrected chi connectivity index (χ3v) is 5.95. The summed E-state index contributed by atoms with van der Waals surface area (Å²) in [6.45, 7) is 0. The van der Waals surface area contributed by atoms with Gasteiger partial charge in [0.15, 0.2) is 0 Å². The smallest absolute Gasteiger partial charge is 0.271 e. The van der Waals surface area contributed by atoms with Gasteiger partial charge in [-0.05, 0) is 49.0 Å². The highest BCUT2D eigenvalue weighted by Crippen LogP contribution is 2.70. The van der Waals surface area contributed by atoms with Crippen LogP contribution in [0.25, 0.3) is 5.69 Å². The second-order valence-electron chi connectivity index (χ2n) is 6.94. The largest absolute Gasteiger partial charge is 0.494 e. The lowest BCUT2D eigenvalue weighted by molar-refractivity contribution is -0.384. The number of non-ortho nitro benzene ring substituents is 1. The molecule has 6 nitrogen and oxygen atoms in total. The van der Waals surface area contributed by atoms with Crippen LogP contribution in [-0.4, -0.2) is 19.7 Å². The Balaban J connectivity index is 1.72. The summed E-state index contributed by atoms with van der Waals surface area (Å²) in [5, 5.41) is 32.4. The van der Waals surface area contributed by atoms with Gasteiger partial charge in [0.1, 0.15) is 0 Å². The molecule has 0 saturated heterocycles. The second-order valence-corrected chi connectivity index (χ2v) is 6.94. The molecular weight excluding hydrogens is 296 g/mol. The summed E-state index contributed by atoms with van der Waals surface area (Å²) < 4.78 is 1.37. The van der Waals surface area contributed by atoms with Gasteiger partial charge in [0.2, 0.25) is 11.8 Å². The van der Waals surface area contributed by atoms with Gasteiger partial charge < -0.3 is 10.2 Å². The fourth-order valence-corrected chi connectivity index (χ4v) is 4.97. The summed E-state index contributed by atoms with van der Waals surface area (Å²) in [6.07, 6.45) is 3.31. The topological polar surface area (TPSA) is 88.5 Å². The van der Waals surface area contributed by atoms with Crippen LogP contribution in [0.1, 0.15) is 42.2 Å². The van der Waals surface area contributed by atoms with Crippen LogP contribution < -0.4 is 0 Å². The van der Waals surface area contributed by atoms with Gasteiger partial charge in [-0.15, -0.1) is 0 Å². The predicted molar refractivity (Wildman–Crippen MR) is 82.1 cm³/mol. The van der Waals surface area contributed by atoms with Crippen LogP contribution in [0.5, 0.6) is 11.8 Å². The van der Waals surface area contributed by atoms with E-state index in [4.69, 9.17) is 0 Å². The van der Waals surface area contributed by atoms with Crippen LogP contribution in [-0.2, 0) is 0 Å². The van der Waals surface area contributed by atoms with Crippen molar-refractivity contribution in [3.63, 3.8) is 0 Å². The maximum Gasteiger partial charge on any atom is 0.271 e. The number of aromatic nitrogens is 1. The molecule has 2 N–H and O–H groups in total. The van der Waals surface area contributed by atoms with Crippen molar-refractivity contribution in [3.8, 4) is 17.4 Å². The summed E-state index contributed by atoms with van der Waals surface area (Å²) in [7, 11) is 0. The molecule has 2 saturated carbocycles. The van der Waals surface area contributed by atoms with Gasteiger partial charge >= 0.3 is 0 Å². The zero-order chi connectivity index (χ0) is 15.9. The fourth-order valence-electron chi connectivity index (χ4n) is 4.97. The summed E-state index contributed by atoms with van der Waals surface area (Å²) in [5.41, 5.74) is 2.13. The van der Waals surface area contributed by atoms with Crippen LogP contribution in [0.15, 0.2) is 24.3 Å². The van der Waals surface area contributed by atoms with Gasteiger partial charge in [-0.1, -0.05) is 6.07 Å². The molecule has 1 heterocycles. The Morgan fingerprint density at radius 2 is 1.70 bits per heavy atom. The van der Waals surface area contributed by atoms with Crippen molar-refractivity contribution in [2.45, 2.75) is 31.1 Å². The van der Waals surface area contributed by atoms with Crippen molar-refractivity contribution < 1.29 is 15.1 Å². The van der Waals surface area contributed by atoms with E-state index in [0.29, 0.717) is 29.4 Å². The van der Waals surface area contributed by atoms with Crippen molar-refractivity contribution in [2.24, 2.45) is 11.8 Å². The zero-order valence-electron chi connectivity index (χ0n) is 12.3. The number of nitro benzene ring substituents is 1. The molecule has 6 heteroatoms. The summed E-state index contributed by atoms with van der Waals surface area (Å²) in [5.74, 6) is 2.05. The van der Waals surface area contributed by atoms with Gasteiger partial charge in [0, 0.05) is 23.3 Å². The number of rotatable bonds is 2. The molecule has 0 radical (unpaired) electrons. The van der Waals surface area contributed by atoms with Gasteiger partial charge in [-0.3, -0.25) is 14.7 Å². The Labute approximate surface area is 132 Å². The molecule has 4 atom stereocenters. The minimum Gasteiger partial charge on any atom is -0.494 e. The lowest BCUT2D eigenvalue weighted by atomic mass is 9.68. The van der Waals surface area contributed by atoms with E-state index in [-0.39, 0.29) is 17.4 Å². The molecule has 2 bridgehead atoms. The van der Waals surface area contributed by atoms with Crippen molar-refractivity contribution in [1.29, 1.82) is 0 Å². The first-order chi connectivity index (χ1) is 11.1. The molecule has 118 valence electrons. The Morgan fingerprint density at radius 1 is 1.09 bits per heavy atom. The molecule has 0 spiro atoms. The maximum absolute atomic E-state index is 11.0. The standard InChI is InChI=1S/C17H16N2O4/c20-16-14-10-4-5-11(13-7-12(10)13)15(14)17(21)18(16)8-2-1-3-9(6-8)19(22)23/h1-3,6,10-13,20-21H,4-5,7H2/t10-,11+,12+,13-. The molecule has 0 aliphatic heterocycles. The molecule has 1 aromatic heterocycles. The molecule has 4 aliphatic carbocycles. The van der Waals surface area contributed by atoms with E-state index in [2.05, 4.69) is 0 Å². The molecule has 0 amide bonds. The fraction of sp³-hybridized carbons (Fsp3) is 0.412. The third kappa shape index (κ3) is 1.53. The molecule has 2 aromatic rings. The van der Waals surface area contributed by atoms with Crippen LogP contribution in [0, 0.1) is 22.0 Å². The molecule has 1 aromatic carbocycles. The quantitative estimate of drug-likeness (QED) is 0.657. The SMILES string of the molecule is O=[N+]([O-])c1cccc(-n2c(O)c3c(c2O)[C@@H]2CC[C@H]3[C@H]3C[C@H]32)c1. The van der Waals surface area contributed by atoms with Crippen LogP contribution in [0.2, 0.25) is 0 Å². The van der Waals surface area contributed by atoms with Gasteiger partial charge in [-0.25, -0.2) is 0 Å². The monoisotopic (exact) mass is 312 g/mol. The first-order valence-electron chi connectivity index (χ1n) is 7.99. The lowest BCUT2D eigenvalue weighted by Gasteiger charge is -2.35. The normalized spacial score (nSPS) is 29.9. The summed E-state index contributed by atoms with van der Waals surface area (Å²) >= 11 is 0.